The van der Waals surface area contributed by atoms with Gasteiger partial charge in [0.2, 0.25) is 0 Å². The van der Waals surface area contributed by atoms with Gasteiger partial charge in [0.05, 0.1) is 19.8 Å². The number of carbonyl (C=O) groups is 4. The summed E-state index contributed by atoms with van der Waals surface area (Å²) in [5.41, 5.74) is 6.27. The molecule has 0 bridgehead atoms. The Kier molecular flexibility index (Phi) is 11.7. The van der Waals surface area contributed by atoms with E-state index in [2.05, 4.69) is 0 Å². The number of benzene rings is 1. The molecule has 0 heterocycles. The highest BCUT2D eigenvalue weighted by molar-refractivity contribution is 5.75. The van der Waals surface area contributed by atoms with E-state index in [0.717, 1.165) is 0 Å². The van der Waals surface area contributed by atoms with Crippen molar-refractivity contribution in [3.05, 3.63) is 23.8 Å². The summed E-state index contributed by atoms with van der Waals surface area (Å²) < 4.78 is 25.1. The molecule has 184 valence electrons. The number of aliphatic carboxylic acids is 1. The molecule has 33 heavy (non-hydrogen) atoms. The van der Waals surface area contributed by atoms with Gasteiger partial charge in [-0.15, -0.1) is 0 Å². The van der Waals surface area contributed by atoms with Crippen molar-refractivity contribution in [1.82, 2.24) is 0 Å². The van der Waals surface area contributed by atoms with Crippen molar-refractivity contribution in [3.63, 3.8) is 0 Å². The molecule has 0 amide bonds. The van der Waals surface area contributed by atoms with Crippen LogP contribution in [0.4, 0.5) is 9.59 Å². The maximum Gasteiger partial charge on any atom is 0.513 e. The van der Waals surface area contributed by atoms with Gasteiger partial charge in [-0.2, -0.15) is 0 Å². The third-order valence-corrected chi connectivity index (χ3v) is 4.42. The van der Waals surface area contributed by atoms with Crippen LogP contribution in [-0.4, -0.2) is 55.2 Å². The molecule has 0 aromatic heterocycles. The molecule has 0 saturated heterocycles. The molecule has 1 aromatic rings. The average molecular weight is 469 g/mol. The Bertz CT molecular complexity index is 825. The standard InChI is InChI=1S/C22H31NO10/c1-5-9-29-21(27)32-16-8-7-15(11-17(16)33-22(28)30-10-6-2)18(19(23)20(25)26)13(3)12-31-14(4)24/h7-8,11,13,18-19H,5-6,9-10,12,23H2,1-4H3,(H,25,26)/t13?,18?,19-/m0/s1. The molecular formula is C22H31NO10. The minimum absolute atomic E-state index is 0.0860. The fraction of sp³-hybridized carbons (Fsp3) is 0.545. The van der Waals surface area contributed by atoms with E-state index in [9.17, 15) is 24.3 Å². The Hall–Kier alpha value is -3.34. The number of nitrogens with two attached hydrogens (primary N) is 1. The van der Waals surface area contributed by atoms with Crippen LogP contribution in [-0.2, 0) is 23.8 Å². The highest BCUT2D eigenvalue weighted by atomic mass is 16.7. The van der Waals surface area contributed by atoms with Crippen molar-refractivity contribution in [2.24, 2.45) is 11.7 Å². The van der Waals surface area contributed by atoms with Crippen LogP contribution in [0, 0.1) is 5.92 Å². The van der Waals surface area contributed by atoms with Crippen LogP contribution in [0.3, 0.4) is 0 Å². The summed E-state index contributed by atoms with van der Waals surface area (Å²) >= 11 is 0. The summed E-state index contributed by atoms with van der Waals surface area (Å²) in [6.07, 6.45) is -0.896. The lowest BCUT2D eigenvalue weighted by atomic mass is 9.82. The number of carboxylic acids is 1. The number of ether oxygens (including phenoxy) is 5. The van der Waals surface area contributed by atoms with Gasteiger partial charge in [0.1, 0.15) is 6.04 Å². The van der Waals surface area contributed by atoms with Gasteiger partial charge in [-0.1, -0.05) is 26.8 Å². The second kappa shape index (κ2) is 13.9. The first-order valence-electron chi connectivity index (χ1n) is 10.6. The first-order valence-corrected chi connectivity index (χ1v) is 10.6. The third-order valence-electron chi connectivity index (χ3n) is 4.42. The average Bonchev–Trinajstić information content (AvgIpc) is 2.76. The van der Waals surface area contributed by atoms with E-state index >= 15 is 0 Å². The Morgan fingerprint density at radius 3 is 1.97 bits per heavy atom. The van der Waals surface area contributed by atoms with Crippen molar-refractivity contribution < 1.29 is 48.0 Å². The SMILES string of the molecule is CCCOC(=O)Oc1ccc(C(C(C)COC(C)=O)[C@H](N)C(=O)O)cc1OC(=O)OCCC. The quantitative estimate of drug-likeness (QED) is 0.263. The molecule has 0 fully saturated rings. The number of rotatable bonds is 12. The van der Waals surface area contributed by atoms with E-state index in [1.807, 2.05) is 6.92 Å². The predicted molar refractivity (Wildman–Crippen MR) is 115 cm³/mol. The number of hydrogen-bond acceptors (Lipinski definition) is 10. The molecule has 11 heteroatoms. The third kappa shape index (κ3) is 9.36. The smallest absolute Gasteiger partial charge is 0.480 e. The van der Waals surface area contributed by atoms with Crippen molar-refractivity contribution in [3.8, 4) is 11.5 Å². The maximum absolute atomic E-state index is 12.0. The van der Waals surface area contributed by atoms with Crippen LogP contribution in [0.1, 0.15) is 52.0 Å². The molecule has 1 rings (SSSR count). The second-order valence-corrected chi connectivity index (χ2v) is 7.28. The Labute approximate surface area is 192 Å². The topological polar surface area (TPSA) is 161 Å². The Balaban J connectivity index is 3.33. The van der Waals surface area contributed by atoms with Gasteiger partial charge in [-0.05, 0) is 36.5 Å². The van der Waals surface area contributed by atoms with Crippen LogP contribution in [0.2, 0.25) is 0 Å². The zero-order chi connectivity index (χ0) is 25.0. The highest BCUT2D eigenvalue weighted by Gasteiger charge is 2.32. The van der Waals surface area contributed by atoms with Crippen LogP contribution in [0.5, 0.6) is 11.5 Å². The lowest BCUT2D eigenvalue weighted by Gasteiger charge is -2.27. The molecule has 3 atom stereocenters. The summed E-state index contributed by atoms with van der Waals surface area (Å²) in [5, 5.41) is 9.48. The van der Waals surface area contributed by atoms with Crippen LogP contribution in [0.25, 0.3) is 0 Å². The first kappa shape index (κ1) is 27.7. The summed E-state index contributed by atoms with van der Waals surface area (Å²) in [4.78, 5) is 46.7. The molecule has 3 N–H and O–H groups in total. The van der Waals surface area contributed by atoms with Crippen molar-refractivity contribution in [2.75, 3.05) is 19.8 Å². The van der Waals surface area contributed by atoms with Gasteiger partial charge in [0.15, 0.2) is 11.5 Å². The molecular weight excluding hydrogens is 438 g/mol. The minimum atomic E-state index is -1.36. The fourth-order valence-electron chi connectivity index (χ4n) is 2.90. The first-order chi connectivity index (χ1) is 15.6. The van der Waals surface area contributed by atoms with Gasteiger partial charge in [0, 0.05) is 12.8 Å². The van der Waals surface area contributed by atoms with E-state index in [1.54, 1.807) is 13.8 Å². The van der Waals surface area contributed by atoms with E-state index in [0.29, 0.717) is 18.4 Å². The van der Waals surface area contributed by atoms with E-state index in [1.165, 1.54) is 25.1 Å². The number of carbonyl (C=O) groups excluding carboxylic acids is 3. The lowest BCUT2D eigenvalue weighted by molar-refractivity contribution is -0.142. The number of hydrogen-bond donors (Lipinski definition) is 2. The summed E-state index contributed by atoms with van der Waals surface area (Å²) in [6, 6.07) is 2.76. The normalized spacial score (nSPS) is 13.2. The fourth-order valence-corrected chi connectivity index (χ4v) is 2.90. The highest BCUT2D eigenvalue weighted by Crippen LogP contribution is 2.36. The Morgan fingerprint density at radius 1 is 0.939 bits per heavy atom. The number of carboxylic acid groups (broad SMARTS) is 1. The molecule has 0 radical (unpaired) electrons. The minimum Gasteiger partial charge on any atom is -0.480 e. The second-order valence-electron chi connectivity index (χ2n) is 7.28. The van der Waals surface area contributed by atoms with Gasteiger partial charge in [-0.3, -0.25) is 9.59 Å². The van der Waals surface area contributed by atoms with Gasteiger partial charge in [-0.25, -0.2) is 9.59 Å². The van der Waals surface area contributed by atoms with E-state index in [-0.39, 0.29) is 31.3 Å². The van der Waals surface area contributed by atoms with Gasteiger partial charge >= 0.3 is 24.2 Å². The van der Waals surface area contributed by atoms with Crippen LogP contribution < -0.4 is 15.2 Å². The Morgan fingerprint density at radius 2 is 1.48 bits per heavy atom. The largest absolute Gasteiger partial charge is 0.513 e. The monoisotopic (exact) mass is 469 g/mol. The predicted octanol–water partition coefficient (Wildman–Crippen LogP) is 3.23. The van der Waals surface area contributed by atoms with Crippen molar-refractivity contribution in [2.45, 2.75) is 52.5 Å². The zero-order valence-electron chi connectivity index (χ0n) is 19.2. The molecule has 0 saturated carbocycles. The molecule has 0 aliphatic carbocycles. The van der Waals surface area contributed by atoms with E-state index in [4.69, 9.17) is 29.4 Å². The van der Waals surface area contributed by atoms with E-state index < -0.39 is 42.1 Å². The van der Waals surface area contributed by atoms with Crippen molar-refractivity contribution in [1.29, 1.82) is 0 Å². The lowest BCUT2D eigenvalue weighted by Crippen LogP contribution is -2.40. The molecule has 0 spiro atoms. The summed E-state index contributed by atoms with van der Waals surface area (Å²) in [5.74, 6) is -3.48. The van der Waals surface area contributed by atoms with Crippen molar-refractivity contribution >= 4 is 24.2 Å². The molecule has 0 aliphatic rings. The van der Waals surface area contributed by atoms with Gasteiger partial charge in [0.25, 0.3) is 0 Å². The summed E-state index contributed by atoms with van der Waals surface area (Å²) in [6.45, 7) is 6.67. The number of esters is 1. The zero-order valence-corrected chi connectivity index (χ0v) is 19.2. The maximum atomic E-state index is 12.0. The van der Waals surface area contributed by atoms with Crippen LogP contribution >= 0.6 is 0 Å². The van der Waals surface area contributed by atoms with Crippen LogP contribution in [0.15, 0.2) is 18.2 Å². The van der Waals surface area contributed by atoms with Gasteiger partial charge < -0.3 is 34.5 Å². The molecule has 11 nitrogen and oxygen atoms in total. The molecule has 2 unspecified atom stereocenters. The molecule has 1 aromatic carbocycles. The molecule has 0 aliphatic heterocycles. The summed E-state index contributed by atoms with van der Waals surface area (Å²) in [7, 11) is 0.